The molecule has 3 nitrogen and oxygen atoms in total. The van der Waals surface area contributed by atoms with E-state index in [0.29, 0.717) is 18.7 Å². The summed E-state index contributed by atoms with van der Waals surface area (Å²) in [5.41, 5.74) is 0.671. The van der Waals surface area contributed by atoms with Crippen LogP contribution in [0.15, 0.2) is 58.6 Å². The molecular weight excluding hydrogens is 268 g/mol. The van der Waals surface area contributed by atoms with E-state index in [4.69, 9.17) is 0 Å². The van der Waals surface area contributed by atoms with Gasteiger partial charge in [-0.2, -0.15) is 0 Å². The lowest BCUT2D eigenvalue weighted by atomic mass is 10.2. The predicted octanol–water partition coefficient (Wildman–Crippen LogP) is 3.71. The lowest BCUT2D eigenvalue weighted by molar-refractivity contribution is 0.0768. The van der Waals surface area contributed by atoms with Gasteiger partial charge in [-0.25, -0.2) is 4.98 Å². The van der Waals surface area contributed by atoms with Crippen molar-refractivity contribution in [2.75, 3.05) is 13.1 Å². The maximum absolute atomic E-state index is 12.5. The monoisotopic (exact) mass is 286 g/mol. The van der Waals surface area contributed by atoms with Crippen molar-refractivity contribution in [1.82, 2.24) is 9.88 Å². The summed E-state index contributed by atoms with van der Waals surface area (Å²) in [5.74, 6) is 0.0431. The van der Waals surface area contributed by atoms with Crippen LogP contribution in [0.4, 0.5) is 0 Å². The zero-order valence-electron chi connectivity index (χ0n) is 11.7. The number of amides is 1. The fraction of sp³-hybridized carbons (Fsp3) is 0.250. The second kappa shape index (κ2) is 7.10. The van der Waals surface area contributed by atoms with E-state index in [1.54, 1.807) is 6.20 Å². The van der Waals surface area contributed by atoms with Gasteiger partial charge >= 0.3 is 0 Å². The zero-order chi connectivity index (χ0) is 14.4. The summed E-state index contributed by atoms with van der Waals surface area (Å²) in [5, 5.41) is 0.760. The summed E-state index contributed by atoms with van der Waals surface area (Å²) in [6.07, 6.45) is 1.73. The minimum absolute atomic E-state index is 0.0431. The number of carbonyl (C=O) groups is 1. The third kappa shape index (κ3) is 3.39. The molecule has 0 saturated carbocycles. The predicted molar refractivity (Wildman–Crippen MR) is 82.1 cm³/mol. The quantitative estimate of drug-likeness (QED) is 0.840. The zero-order valence-corrected chi connectivity index (χ0v) is 12.6. The van der Waals surface area contributed by atoms with Gasteiger partial charge in [0.05, 0.1) is 5.56 Å². The van der Waals surface area contributed by atoms with Gasteiger partial charge in [-0.1, -0.05) is 30.0 Å². The van der Waals surface area contributed by atoms with Crippen molar-refractivity contribution >= 4 is 17.7 Å². The van der Waals surface area contributed by atoms with Crippen molar-refractivity contribution in [2.24, 2.45) is 0 Å². The molecule has 0 aliphatic rings. The summed E-state index contributed by atoms with van der Waals surface area (Å²) in [7, 11) is 0. The van der Waals surface area contributed by atoms with Crippen LogP contribution in [-0.2, 0) is 0 Å². The van der Waals surface area contributed by atoms with E-state index in [9.17, 15) is 4.79 Å². The molecule has 0 bridgehead atoms. The number of nitrogens with zero attached hydrogens (tertiary/aromatic N) is 2. The van der Waals surface area contributed by atoms with E-state index in [-0.39, 0.29) is 5.91 Å². The fourth-order valence-electron chi connectivity index (χ4n) is 1.92. The molecule has 20 heavy (non-hydrogen) atoms. The van der Waals surface area contributed by atoms with E-state index < -0.39 is 0 Å². The molecule has 4 heteroatoms. The van der Waals surface area contributed by atoms with Crippen LogP contribution in [0.3, 0.4) is 0 Å². The SMILES string of the molecule is CCN(CC)C(=O)c1cccnc1Sc1ccccc1. The molecule has 1 aromatic carbocycles. The first-order valence-corrected chi connectivity index (χ1v) is 7.55. The highest BCUT2D eigenvalue weighted by molar-refractivity contribution is 7.99. The normalized spacial score (nSPS) is 10.3. The molecule has 0 radical (unpaired) electrons. The Balaban J connectivity index is 2.29. The third-order valence-electron chi connectivity index (χ3n) is 3.01. The van der Waals surface area contributed by atoms with Crippen LogP contribution in [0.25, 0.3) is 0 Å². The number of benzene rings is 1. The number of hydrogen-bond acceptors (Lipinski definition) is 3. The van der Waals surface area contributed by atoms with Crippen LogP contribution in [0.1, 0.15) is 24.2 Å². The van der Waals surface area contributed by atoms with Crippen LogP contribution < -0.4 is 0 Å². The van der Waals surface area contributed by atoms with Crippen molar-refractivity contribution in [3.05, 3.63) is 54.2 Å². The number of rotatable bonds is 5. The lowest BCUT2D eigenvalue weighted by Crippen LogP contribution is -2.30. The van der Waals surface area contributed by atoms with Crippen LogP contribution in [0, 0.1) is 0 Å². The first-order valence-electron chi connectivity index (χ1n) is 6.73. The average molecular weight is 286 g/mol. The Morgan fingerprint density at radius 1 is 1.10 bits per heavy atom. The molecule has 1 aromatic heterocycles. The summed E-state index contributed by atoms with van der Waals surface area (Å²) in [6.45, 7) is 5.39. The van der Waals surface area contributed by atoms with Crippen molar-refractivity contribution in [3.63, 3.8) is 0 Å². The Kier molecular flexibility index (Phi) is 5.18. The van der Waals surface area contributed by atoms with Crippen molar-refractivity contribution in [3.8, 4) is 0 Å². The summed E-state index contributed by atoms with van der Waals surface area (Å²) >= 11 is 1.52. The molecule has 0 unspecified atom stereocenters. The highest BCUT2D eigenvalue weighted by Crippen LogP contribution is 2.28. The minimum Gasteiger partial charge on any atom is -0.339 e. The van der Waals surface area contributed by atoms with Gasteiger partial charge in [0.2, 0.25) is 0 Å². The smallest absolute Gasteiger partial charge is 0.256 e. The van der Waals surface area contributed by atoms with Gasteiger partial charge in [-0.15, -0.1) is 0 Å². The summed E-state index contributed by atoms with van der Waals surface area (Å²) in [4.78, 5) is 19.7. The summed E-state index contributed by atoms with van der Waals surface area (Å²) < 4.78 is 0. The van der Waals surface area contributed by atoms with Gasteiger partial charge in [0, 0.05) is 24.2 Å². The number of hydrogen-bond donors (Lipinski definition) is 0. The lowest BCUT2D eigenvalue weighted by Gasteiger charge is -2.19. The van der Waals surface area contributed by atoms with Crippen LogP contribution in [-0.4, -0.2) is 28.9 Å². The summed E-state index contributed by atoms with van der Waals surface area (Å²) in [6, 6.07) is 13.6. The first-order chi connectivity index (χ1) is 9.76. The van der Waals surface area contributed by atoms with Crippen LogP contribution >= 0.6 is 11.8 Å². The number of aromatic nitrogens is 1. The fourth-order valence-corrected chi connectivity index (χ4v) is 2.81. The van der Waals surface area contributed by atoms with Crippen molar-refractivity contribution < 1.29 is 4.79 Å². The molecule has 1 heterocycles. The Labute approximate surface area is 124 Å². The maximum Gasteiger partial charge on any atom is 0.256 e. The molecular formula is C16H18N2OS. The molecule has 0 aliphatic carbocycles. The molecule has 0 N–H and O–H groups in total. The largest absolute Gasteiger partial charge is 0.339 e. The van der Waals surface area contributed by atoms with Gasteiger partial charge < -0.3 is 4.90 Å². The highest BCUT2D eigenvalue weighted by atomic mass is 32.2. The Hall–Kier alpha value is -1.81. The molecule has 0 spiro atoms. The molecule has 2 rings (SSSR count). The van der Waals surface area contributed by atoms with E-state index in [1.807, 2.05) is 61.2 Å². The van der Waals surface area contributed by atoms with Gasteiger partial charge in [0.15, 0.2) is 0 Å². The van der Waals surface area contributed by atoms with Crippen molar-refractivity contribution in [1.29, 1.82) is 0 Å². The van der Waals surface area contributed by atoms with Crippen molar-refractivity contribution in [2.45, 2.75) is 23.8 Å². The third-order valence-corrected chi connectivity index (χ3v) is 4.04. The van der Waals surface area contributed by atoms with E-state index in [0.717, 1.165) is 9.92 Å². The molecule has 2 aromatic rings. The second-order valence-corrected chi connectivity index (χ2v) is 5.31. The Morgan fingerprint density at radius 2 is 1.80 bits per heavy atom. The molecule has 0 fully saturated rings. The van der Waals surface area contributed by atoms with Crippen LogP contribution in [0.5, 0.6) is 0 Å². The molecule has 0 atom stereocenters. The minimum atomic E-state index is 0.0431. The standard InChI is InChI=1S/C16H18N2OS/c1-3-18(4-2)16(19)14-11-8-12-17-15(14)20-13-9-6-5-7-10-13/h5-12H,3-4H2,1-2H3. The topological polar surface area (TPSA) is 33.2 Å². The molecule has 0 aliphatic heterocycles. The van der Waals surface area contributed by atoms with E-state index in [1.165, 1.54) is 11.8 Å². The van der Waals surface area contributed by atoms with Crippen LogP contribution in [0.2, 0.25) is 0 Å². The second-order valence-electron chi connectivity index (χ2n) is 4.25. The van der Waals surface area contributed by atoms with E-state index in [2.05, 4.69) is 4.98 Å². The molecule has 0 saturated heterocycles. The van der Waals surface area contributed by atoms with Gasteiger partial charge in [0.1, 0.15) is 5.03 Å². The van der Waals surface area contributed by atoms with Gasteiger partial charge in [-0.3, -0.25) is 4.79 Å². The first kappa shape index (κ1) is 14.6. The average Bonchev–Trinajstić information content (AvgIpc) is 2.50. The molecule has 104 valence electrons. The highest BCUT2D eigenvalue weighted by Gasteiger charge is 2.17. The number of pyridine rings is 1. The van der Waals surface area contributed by atoms with Gasteiger partial charge in [0.25, 0.3) is 5.91 Å². The Bertz CT molecular complexity index is 568. The number of carbonyl (C=O) groups excluding carboxylic acids is 1. The Morgan fingerprint density at radius 3 is 2.45 bits per heavy atom. The maximum atomic E-state index is 12.5. The van der Waals surface area contributed by atoms with E-state index >= 15 is 0 Å². The van der Waals surface area contributed by atoms with Gasteiger partial charge in [-0.05, 0) is 38.1 Å². The molecule has 1 amide bonds.